The topological polar surface area (TPSA) is 44.7 Å². The zero-order valence-corrected chi connectivity index (χ0v) is 19.1. The maximum absolute atomic E-state index is 12.2. The minimum absolute atomic E-state index is 0. The summed E-state index contributed by atoms with van der Waals surface area (Å²) in [6.07, 6.45) is 1.20. The van der Waals surface area contributed by atoms with E-state index >= 15 is 0 Å². The Bertz CT molecular complexity index is 542. The van der Waals surface area contributed by atoms with Crippen LogP contribution in [-0.4, -0.2) is 58.0 Å². The van der Waals surface area contributed by atoms with Crippen LogP contribution < -0.4 is 5.32 Å². The molecule has 2 atom stereocenters. The van der Waals surface area contributed by atoms with Gasteiger partial charge in [-0.15, -0.1) is 24.0 Å². The van der Waals surface area contributed by atoms with Crippen LogP contribution in [0.4, 0.5) is 0 Å². The van der Waals surface area contributed by atoms with E-state index in [0.29, 0.717) is 23.3 Å². The largest absolute Gasteiger partial charge is 0.357 e. The van der Waals surface area contributed by atoms with Gasteiger partial charge in [0.05, 0.1) is 6.54 Å². The molecule has 0 amide bonds. The number of nitrogens with one attached hydrogen (secondary N) is 1. The van der Waals surface area contributed by atoms with Crippen molar-refractivity contribution in [2.45, 2.75) is 31.3 Å². The molecule has 2 rings (SSSR count). The van der Waals surface area contributed by atoms with Crippen molar-refractivity contribution in [2.24, 2.45) is 4.99 Å². The van der Waals surface area contributed by atoms with E-state index in [9.17, 15) is 4.21 Å². The molecule has 0 spiro atoms. The van der Waals surface area contributed by atoms with Crippen molar-refractivity contribution in [3.63, 3.8) is 0 Å². The summed E-state index contributed by atoms with van der Waals surface area (Å²) in [6.45, 7) is 7.92. The summed E-state index contributed by atoms with van der Waals surface area (Å²) in [7, 11) is -0.862. The van der Waals surface area contributed by atoms with Crippen molar-refractivity contribution in [3.8, 4) is 0 Å². The van der Waals surface area contributed by atoms with Crippen molar-refractivity contribution < 1.29 is 4.21 Å². The van der Waals surface area contributed by atoms with E-state index in [-0.39, 0.29) is 24.0 Å². The second-order valence-corrected chi connectivity index (χ2v) is 8.84. The van der Waals surface area contributed by atoms with Gasteiger partial charge in [-0.25, -0.2) is 0 Å². The number of benzene rings is 1. The molecule has 1 N–H and O–H groups in total. The van der Waals surface area contributed by atoms with E-state index in [4.69, 9.17) is 4.99 Å². The molecule has 1 aliphatic heterocycles. The highest BCUT2D eigenvalue weighted by atomic mass is 127. The molecule has 1 heterocycles. The molecule has 1 aromatic carbocycles. The quantitative estimate of drug-likeness (QED) is 0.358. The zero-order valence-electron chi connectivity index (χ0n) is 15.1. The Kier molecular flexibility index (Phi) is 11.8. The molecule has 1 aromatic rings. The van der Waals surface area contributed by atoms with E-state index in [1.165, 1.54) is 6.42 Å². The number of halogens is 1. The highest BCUT2D eigenvalue weighted by Gasteiger charge is 2.21. The number of hydrogen-bond donors (Lipinski definition) is 1. The first-order valence-electron chi connectivity index (χ1n) is 8.76. The molecular weight excluding hydrogens is 465 g/mol. The summed E-state index contributed by atoms with van der Waals surface area (Å²) in [5.74, 6) is 3.37. The molecule has 142 valence electrons. The SMILES string of the molecule is CCNC(=NCCS(=O)Cc1ccccc1)N1CCSC(CC)C1.I. The molecule has 4 nitrogen and oxygen atoms in total. The number of hydrogen-bond acceptors (Lipinski definition) is 3. The molecule has 7 heteroatoms. The zero-order chi connectivity index (χ0) is 17.2. The van der Waals surface area contributed by atoms with Crippen LogP contribution in [0, 0.1) is 0 Å². The lowest BCUT2D eigenvalue weighted by atomic mass is 10.2. The Hall–Kier alpha value is -0.280. The number of guanidine groups is 1. The van der Waals surface area contributed by atoms with E-state index in [1.807, 2.05) is 30.3 Å². The third-order valence-electron chi connectivity index (χ3n) is 3.98. The standard InChI is InChI=1S/C18H29N3OS2.HI/c1-3-17-14-21(11-12-23-17)18(19-4-2)20-10-13-24(22)15-16-8-6-5-7-9-16;/h5-9,17H,3-4,10-15H2,1-2H3,(H,19,20);1H. The van der Waals surface area contributed by atoms with Crippen LogP contribution in [-0.2, 0) is 16.6 Å². The number of thioether (sulfide) groups is 1. The summed E-state index contributed by atoms with van der Waals surface area (Å²) in [5, 5.41) is 4.08. The third-order valence-corrected chi connectivity index (χ3v) is 6.64. The average Bonchev–Trinajstić information content (AvgIpc) is 2.62. The maximum atomic E-state index is 12.2. The van der Waals surface area contributed by atoms with E-state index in [2.05, 4.69) is 35.8 Å². The Morgan fingerprint density at radius 2 is 2.12 bits per heavy atom. The Morgan fingerprint density at radius 3 is 2.80 bits per heavy atom. The van der Waals surface area contributed by atoms with Crippen molar-refractivity contribution in [1.29, 1.82) is 0 Å². The van der Waals surface area contributed by atoms with Gasteiger partial charge in [0, 0.05) is 52.9 Å². The fourth-order valence-electron chi connectivity index (χ4n) is 2.67. The molecule has 0 aliphatic carbocycles. The molecular formula is C18H30IN3OS2. The van der Waals surface area contributed by atoms with Gasteiger partial charge < -0.3 is 10.2 Å². The van der Waals surface area contributed by atoms with Crippen LogP contribution in [0.1, 0.15) is 25.8 Å². The fraction of sp³-hybridized carbons (Fsp3) is 0.611. The lowest BCUT2D eigenvalue weighted by Gasteiger charge is -2.34. The van der Waals surface area contributed by atoms with E-state index < -0.39 is 10.8 Å². The van der Waals surface area contributed by atoms with Crippen LogP contribution in [0.15, 0.2) is 35.3 Å². The Morgan fingerprint density at radius 1 is 1.36 bits per heavy atom. The smallest absolute Gasteiger partial charge is 0.194 e. The molecule has 25 heavy (non-hydrogen) atoms. The van der Waals surface area contributed by atoms with Gasteiger partial charge in [-0.1, -0.05) is 37.3 Å². The van der Waals surface area contributed by atoms with Gasteiger partial charge in [0.2, 0.25) is 0 Å². The van der Waals surface area contributed by atoms with Crippen LogP contribution in [0.5, 0.6) is 0 Å². The summed E-state index contributed by atoms with van der Waals surface area (Å²) in [5.41, 5.74) is 1.13. The lowest BCUT2D eigenvalue weighted by Crippen LogP contribution is -2.48. The highest BCUT2D eigenvalue weighted by Crippen LogP contribution is 2.21. The summed E-state index contributed by atoms with van der Waals surface area (Å²) < 4.78 is 12.2. The second-order valence-electron chi connectivity index (χ2n) is 5.86. The van der Waals surface area contributed by atoms with Crippen LogP contribution >= 0.6 is 35.7 Å². The number of nitrogens with zero attached hydrogens (tertiary/aromatic N) is 2. The monoisotopic (exact) mass is 495 g/mol. The second kappa shape index (κ2) is 13.0. The molecule has 1 saturated heterocycles. The minimum atomic E-state index is -0.862. The molecule has 0 saturated carbocycles. The molecule has 0 bridgehead atoms. The first-order chi connectivity index (χ1) is 11.7. The van der Waals surface area contributed by atoms with Crippen molar-refractivity contribution >= 4 is 52.5 Å². The van der Waals surface area contributed by atoms with E-state index in [1.54, 1.807) is 0 Å². The first-order valence-corrected chi connectivity index (χ1v) is 11.3. The Labute approximate surface area is 176 Å². The van der Waals surface area contributed by atoms with Crippen molar-refractivity contribution in [2.75, 3.05) is 37.7 Å². The van der Waals surface area contributed by atoms with Gasteiger partial charge in [0.15, 0.2) is 5.96 Å². The molecule has 1 aliphatic rings. The highest BCUT2D eigenvalue weighted by molar-refractivity contribution is 14.0. The first kappa shape index (κ1) is 22.8. The van der Waals surface area contributed by atoms with Crippen LogP contribution in [0.25, 0.3) is 0 Å². The van der Waals surface area contributed by atoms with Gasteiger partial charge in [0.25, 0.3) is 0 Å². The summed E-state index contributed by atoms with van der Waals surface area (Å²) >= 11 is 2.06. The summed E-state index contributed by atoms with van der Waals surface area (Å²) in [6, 6.07) is 10.0. The van der Waals surface area contributed by atoms with Crippen LogP contribution in [0.2, 0.25) is 0 Å². The molecule has 1 fully saturated rings. The summed E-state index contributed by atoms with van der Waals surface area (Å²) in [4.78, 5) is 7.07. The third kappa shape index (κ3) is 8.30. The van der Waals surface area contributed by atoms with Crippen molar-refractivity contribution in [1.82, 2.24) is 10.2 Å². The number of rotatable bonds is 7. The molecule has 0 radical (unpaired) electrons. The molecule has 2 unspecified atom stereocenters. The van der Waals surface area contributed by atoms with Gasteiger partial charge >= 0.3 is 0 Å². The van der Waals surface area contributed by atoms with Gasteiger partial charge in [-0.2, -0.15) is 11.8 Å². The maximum Gasteiger partial charge on any atom is 0.194 e. The van der Waals surface area contributed by atoms with Gasteiger partial charge in [-0.05, 0) is 18.9 Å². The lowest BCUT2D eigenvalue weighted by molar-refractivity contribution is 0.408. The van der Waals surface area contributed by atoms with Gasteiger partial charge in [0.1, 0.15) is 0 Å². The normalized spacial score (nSPS) is 19.2. The minimum Gasteiger partial charge on any atom is -0.357 e. The fourth-order valence-corrected chi connectivity index (χ4v) is 4.85. The van der Waals surface area contributed by atoms with Crippen molar-refractivity contribution in [3.05, 3.63) is 35.9 Å². The Balaban J connectivity index is 0.00000312. The predicted molar refractivity (Wildman–Crippen MR) is 123 cm³/mol. The van der Waals surface area contributed by atoms with Gasteiger partial charge in [-0.3, -0.25) is 9.20 Å². The van der Waals surface area contributed by atoms with E-state index in [0.717, 1.165) is 36.9 Å². The average molecular weight is 495 g/mol. The number of aliphatic imine (C=N–C) groups is 1. The van der Waals surface area contributed by atoms with Crippen LogP contribution in [0.3, 0.4) is 0 Å². The molecule has 0 aromatic heterocycles. The predicted octanol–water partition coefficient (Wildman–Crippen LogP) is 3.35.